The number of carbonyl (C=O) groups is 1. The minimum absolute atomic E-state index is 0.274. The Morgan fingerprint density at radius 3 is 2.83 bits per heavy atom. The van der Waals surface area contributed by atoms with Crippen molar-refractivity contribution in [2.24, 2.45) is 0 Å². The summed E-state index contributed by atoms with van der Waals surface area (Å²) in [4.78, 5) is 10.9. The van der Waals surface area contributed by atoms with E-state index in [-0.39, 0.29) is 11.9 Å². The Labute approximate surface area is 105 Å². The average Bonchev–Trinajstić information content (AvgIpc) is 2.32. The highest BCUT2D eigenvalue weighted by Crippen LogP contribution is 2.25. The van der Waals surface area contributed by atoms with Crippen LogP contribution in [0.25, 0.3) is 0 Å². The molecule has 0 aromatic heterocycles. The third kappa shape index (κ3) is 2.52. The number of aliphatic carboxylic acids is 1. The molecule has 0 spiro atoms. The molecule has 2 N–H and O–H groups in total. The molecule has 0 amide bonds. The monoisotopic (exact) mass is 253 g/mol. The van der Waals surface area contributed by atoms with Crippen LogP contribution in [0.2, 0.25) is 0 Å². The summed E-state index contributed by atoms with van der Waals surface area (Å²) >= 11 is 0. The maximum absolute atomic E-state index is 13.5. The number of carboxylic acid groups (broad SMARTS) is 1. The lowest BCUT2D eigenvalue weighted by molar-refractivity contribution is -0.149. The lowest BCUT2D eigenvalue weighted by Crippen LogP contribution is -2.52. The lowest BCUT2D eigenvalue weighted by atomic mass is 10.0. The van der Waals surface area contributed by atoms with Crippen molar-refractivity contribution in [1.29, 1.82) is 0 Å². The molecule has 5 heteroatoms. The summed E-state index contributed by atoms with van der Waals surface area (Å²) in [5.41, 5.74) is 1.31. The van der Waals surface area contributed by atoms with E-state index < -0.39 is 18.1 Å². The third-order valence-corrected chi connectivity index (χ3v) is 3.21. The molecule has 0 aliphatic carbocycles. The van der Waals surface area contributed by atoms with Crippen LogP contribution in [0.3, 0.4) is 0 Å². The molecular formula is C13H16FNO3. The lowest BCUT2D eigenvalue weighted by Gasteiger charge is -2.33. The molecule has 4 nitrogen and oxygen atoms in total. The summed E-state index contributed by atoms with van der Waals surface area (Å²) in [5.74, 6) is -1.21. The van der Waals surface area contributed by atoms with Crippen molar-refractivity contribution in [2.75, 3.05) is 6.54 Å². The van der Waals surface area contributed by atoms with Crippen LogP contribution in [0.15, 0.2) is 18.2 Å². The second kappa shape index (κ2) is 5.04. The fourth-order valence-electron chi connectivity index (χ4n) is 2.08. The SMILES string of the molecule is Cc1ccc(C2CNC(C(=O)O)C(C)O2)cc1F. The number of hydrogen-bond donors (Lipinski definition) is 2. The summed E-state index contributed by atoms with van der Waals surface area (Å²) in [6.07, 6.45) is -0.767. The number of ether oxygens (including phenoxy) is 1. The minimum Gasteiger partial charge on any atom is -0.480 e. The Morgan fingerprint density at radius 2 is 2.28 bits per heavy atom. The van der Waals surface area contributed by atoms with Crippen molar-refractivity contribution in [3.05, 3.63) is 35.1 Å². The molecule has 1 heterocycles. The second-order valence-electron chi connectivity index (χ2n) is 4.56. The second-order valence-corrected chi connectivity index (χ2v) is 4.56. The molecule has 1 fully saturated rings. The smallest absolute Gasteiger partial charge is 0.323 e. The van der Waals surface area contributed by atoms with Crippen LogP contribution >= 0.6 is 0 Å². The normalized spacial score (nSPS) is 28.1. The van der Waals surface area contributed by atoms with Crippen LogP contribution < -0.4 is 5.32 Å². The van der Waals surface area contributed by atoms with Gasteiger partial charge in [-0.2, -0.15) is 0 Å². The first-order valence-electron chi connectivity index (χ1n) is 5.86. The molecule has 0 radical (unpaired) electrons. The van der Waals surface area contributed by atoms with E-state index in [9.17, 15) is 9.18 Å². The predicted molar refractivity (Wildman–Crippen MR) is 63.9 cm³/mol. The summed E-state index contributed by atoms with van der Waals surface area (Å²) in [6, 6.07) is 4.23. The first-order chi connectivity index (χ1) is 8.49. The number of hydrogen-bond acceptors (Lipinski definition) is 3. The molecule has 1 saturated heterocycles. The molecule has 3 atom stereocenters. The van der Waals surface area contributed by atoms with Gasteiger partial charge in [-0.25, -0.2) is 4.39 Å². The standard InChI is InChI=1S/C13H16FNO3/c1-7-3-4-9(5-10(7)14)11-6-15-12(13(16)17)8(2)18-11/h3-5,8,11-12,15H,6H2,1-2H3,(H,16,17). The Bertz CT molecular complexity index is 464. The van der Waals surface area contributed by atoms with E-state index in [4.69, 9.17) is 9.84 Å². The fraction of sp³-hybridized carbons (Fsp3) is 0.462. The van der Waals surface area contributed by atoms with E-state index in [1.807, 2.05) is 0 Å². The molecule has 1 aliphatic heterocycles. The summed E-state index contributed by atoms with van der Waals surface area (Å²) in [5, 5.41) is 11.8. The van der Waals surface area contributed by atoms with Gasteiger partial charge in [-0.05, 0) is 31.0 Å². The van der Waals surface area contributed by atoms with E-state index in [0.717, 1.165) is 5.56 Å². The molecule has 1 aromatic carbocycles. The maximum Gasteiger partial charge on any atom is 0.323 e. The Morgan fingerprint density at radius 1 is 1.56 bits per heavy atom. The quantitative estimate of drug-likeness (QED) is 0.841. The topological polar surface area (TPSA) is 58.6 Å². The van der Waals surface area contributed by atoms with Gasteiger partial charge in [-0.3, -0.25) is 10.1 Å². The third-order valence-electron chi connectivity index (χ3n) is 3.21. The Kier molecular flexibility index (Phi) is 3.63. The maximum atomic E-state index is 13.5. The number of carboxylic acids is 1. The van der Waals surface area contributed by atoms with Crippen molar-refractivity contribution < 1.29 is 19.0 Å². The van der Waals surface area contributed by atoms with Crippen molar-refractivity contribution in [3.63, 3.8) is 0 Å². The predicted octanol–water partition coefficient (Wildman–Crippen LogP) is 1.64. The highest BCUT2D eigenvalue weighted by Gasteiger charge is 2.33. The van der Waals surface area contributed by atoms with Gasteiger partial charge in [-0.15, -0.1) is 0 Å². The number of halogens is 1. The number of morpholine rings is 1. The zero-order chi connectivity index (χ0) is 13.3. The van der Waals surface area contributed by atoms with Gasteiger partial charge in [-0.1, -0.05) is 12.1 Å². The molecule has 2 rings (SSSR count). The van der Waals surface area contributed by atoms with Crippen LogP contribution in [-0.4, -0.2) is 29.8 Å². The van der Waals surface area contributed by atoms with Crippen LogP contribution in [0.5, 0.6) is 0 Å². The highest BCUT2D eigenvalue weighted by molar-refractivity contribution is 5.74. The van der Waals surface area contributed by atoms with Gasteiger partial charge >= 0.3 is 5.97 Å². The molecule has 0 saturated carbocycles. The zero-order valence-electron chi connectivity index (χ0n) is 10.3. The molecule has 3 unspecified atom stereocenters. The van der Waals surface area contributed by atoms with Crippen molar-refractivity contribution in [1.82, 2.24) is 5.32 Å². The Balaban J connectivity index is 2.12. The van der Waals surface area contributed by atoms with Gasteiger partial charge in [0.1, 0.15) is 11.9 Å². The minimum atomic E-state index is -0.934. The number of nitrogens with one attached hydrogen (secondary N) is 1. The number of rotatable bonds is 2. The molecule has 18 heavy (non-hydrogen) atoms. The van der Waals surface area contributed by atoms with Gasteiger partial charge in [0.2, 0.25) is 0 Å². The number of benzene rings is 1. The van der Waals surface area contributed by atoms with Crippen molar-refractivity contribution in [2.45, 2.75) is 32.1 Å². The zero-order valence-corrected chi connectivity index (χ0v) is 10.3. The molecule has 98 valence electrons. The van der Waals surface area contributed by atoms with Crippen molar-refractivity contribution in [3.8, 4) is 0 Å². The first-order valence-corrected chi connectivity index (χ1v) is 5.86. The van der Waals surface area contributed by atoms with Crippen LogP contribution in [0.1, 0.15) is 24.2 Å². The highest BCUT2D eigenvalue weighted by atomic mass is 19.1. The largest absolute Gasteiger partial charge is 0.480 e. The van der Waals surface area contributed by atoms with E-state index in [1.165, 1.54) is 6.07 Å². The van der Waals surface area contributed by atoms with E-state index in [1.54, 1.807) is 26.0 Å². The van der Waals surface area contributed by atoms with Gasteiger partial charge < -0.3 is 9.84 Å². The number of aryl methyl sites for hydroxylation is 1. The summed E-state index contributed by atoms with van der Waals surface area (Å²) < 4.78 is 19.1. The van der Waals surface area contributed by atoms with Crippen molar-refractivity contribution >= 4 is 5.97 Å². The van der Waals surface area contributed by atoms with Gasteiger partial charge in [0.05, 0.1) is 12.2 Å². The molecule has 0 bridgehead atoms. The van der Waals surface area contributed by atoms with Gasteiger partial charge in [0.25, 0.3) is 0 Å². The van der Waals surface area contributed by atoms with E-state index in [2.05, 4.69) is 5.32 Å². The van der Waals surface area contributed by atoms with E-state index in [0.29, 0.717) is 12.1 Å². The van der Waals surface area contributed by atoms with Crippen LogP contribution in [0.4, 0.5) is 4.39 Å². The first kappa shape index (κ1) is 13.0. The van der Waals surface area contributed by atoms with Crippen LogP contribution in [0, 0.1) is 12.7 Å². The summed E-state index contributed by atoms with van der Waals surface area (Å²) in [7, 11) is 0. The van der Waals surface area contributed by atoms with Gasteiger partial charge in [0, 0.05) is 6.54 Å². The summed E-state index contributed by atoms with van der Waals surface area (Å²) in [6.45, 7) is 3.76. The average molecular weight is 253 g/mol. The molecule has 1 aromatic rings. The fourth-order valence-corrected chi connectivity index (χ4v) is 2.08. The Hall–Kier alpha value is -1.46. The van der Waals surface area contributed by atoms with Gasteiger partial charge in [0.15, 0.2) is 0 Å². The van der Waals surface area contributed by atoms with Crippen LogP contribution in [-0.2, 0) is 9.53 Å². The molecule has 1 aliphatic rings. The van der Waals surface area contributed by atoms with E-state index >= 15 is 0 Å². The molecular weight excluding hydrogens is 237 g/mol.